The van der Waals surface area contributed by atoms with Crippen molar-refractivity contribution >= 4 is 17.7 Å². The Morgan fingerprint density at radius 2 is 1.38 bits per heavy atom. The molecule has 0 fully saturated rings. The molecule has 0 aliphatic heterocycles. The SMILES string of the molecule is COc1cc(C=CC(=O)Nc2ccc(-c3ccccc3)cc2)cc(OC)c1OC. The average Bonchev–Trinajstić information content (AvgIpc) is 2.78. The lowest BCUT2D eigenvalue weighted by molar-refractivity contribution is -0.111. The number of carbonyl (C=O) groups excluding carboxylic acids is 1. The topological polar surface area (TPSA) is 56.8 Å². The molecule has 3 rings (SSSR count). The van der Waals surface area contributed by atoms with Gasteiger partial charge >= 0.3 is 0 Å². The van der Waals surface area contributed by atoms with Crippen molar-refractivity contribution in [2.24, 2.45) is 0 Å². The van der Waals surface area contributed by atoms with E-state index in [9.17, 15) is 4.79 Å². The van der Waals surface area contributed by atoms with E-state index in [2.05, 4.69) is 5.32 Å². The standard InChI is InChI=1S/C24H23NO4/c1-27-21-15-17(16-22(28-2)24(21)29-3)9-14-23(26)25-20-12-10-19(11-13-20)18-7-5-4-6-8-18/h4-16H,1-3H3,(H,25,26). The van der Waals surface area contributed by atoms with Crippen LogP contribution in [-0.4, -0.2) is 27.2 Å². The first-order valence-electron chi connectivity index (χ1n) is 9.09. The Bertz CT molecular complexity index is 970. The lowest BCUT2D eigenvalue weighted by Crippen LogP contribution is -2.07. The van der Waals surface area contributed by atoms with Crippen LogP contribution >= 0.6 is 0 Å². The molecule has 0 bridgehead atoms. The smallest absolute Gasteiger partial charge is 0.248 e. The number of nitrogens with one attached hydrogen (secondary N) is 1. The highest BCUT2D eigenvalue weighted by Gasteiger charge is 2.12. The third kappa shape index (κ3) is 4.96. The van der Waals surface area contributed by atoms with Gasteiger partial charge in [0.05, 0.1) is 21.3 Å². The van der Waals surface area contributed by atoms with Gasteiger partial charge in [0.25, 0.3) is 0 Å². The molecule has 148 valence electrons. The van der Waals surface area contributed by atoms with E-state index in [1.54, 1.807) is 39.5 Å². The third-order valence-electron chi connectivity index (χ3n) is 4.37. The van der Waals surface area contributed by atoms with Gasteiger partial charge in [0.15, 0.2) is 11.5 Å². The van der Waals surface area contributed by atoms with E-state index in [4.69, 9.17) is 14.2 Å². The van der Waals surface area contributed by atoms with E-state index >= 15 is 0 Å². The molecule has 0 aliphatic rings. The van der Waals surface area contributed by atoms with Gasteiger partial charge in [-0.3, -0.25) is 4.79 Å². The third-order valence-corrected chi connectivity index (χ3v) is 4.37. The minimum Gasteiger partial charge on any atom is -0.493 e. The van der Waals surface area contributed by atoms with E-state index in [1.165, 1.54) is 6.08 Å². The molecule has 0 saturated carbocycles. The van der Waals surface area contributed by atoms with Crippen LogP contribution < -0.4 is 19.5 Å². The molecule has 0 saturated heterocycles. The van der Waals surface area contributed by atoms with Gasteiger partial charge in [-0.15, -0.1) is 0 Å². The van der Waals surface area contributed by atoms with Crippen molar-refractivity contribution in [2.45, 2.75) is 0 Å². The molecule has 0 radical (unpaired) electrons. The molecule has 5 heteroatoms. The van der Waals surface area contributed by atoms with Crippen LogP contribution in [0.1, 0.15) is 5.56 Å². The van der Waals surface area contributed by atoms with Gasteiger partial charge in [0.1, 0.15) is 0 Å². The maximum Gasteiger partial charge on any atom is 0.248 e. The monoisotopic (exact) mass is 389 g/mol. The first-order chi connectivity index (χ1) is 14.1. The van der Waals surface area contributed by atoms with Crippen LogP contribution in [0.15, 0.2) is 72.8 Å². The Hall–Kier alpha value is -3.73. The van der Waals surface area contributed by atoms with Gasteiger partial charge in [-0.2, -0.15) is 0 Å². The molecule has 3 aromatic rings. The number of amides is 1. The van der Waals surface area contributed by atoms with Gasteiger partial charge in [0, 0.05) is 11.8 Å². The summed E-state index contributed by atoms with van der Waals surface area (Å²) in [5, 5.41) is 2.86. The lowest BCUT2D eigenvalue weighted by Gasteiger charge is -2.12. The summed E-state index contributed by atoms with van der Waals surface area (Å²) < 4.78 is 16.0. The molecule has 1 N–H and O–H groups in total. The summed E-state index contributed by atoms with van der Waals surface area (Å²) in [5.74, 6) is 1.34. The maximum atomic E-state index is 12.3. The second kappa shape index (κ2) is 9.46. The zero-order valence-electron chi connectivity index (χ0n) is 16.6. The van der Waals surface area contributed by atoms with Crippen molar-refractivity contribution < 1.29 is 19.0 Å². The molecule has 0 spiro atoms. The van der Waals surface area contributed by atoms with Gasteiger partial charge in [0.2, 0.25) is 11.7 Å². The molecular weight excluding hydrogens is 366 g/mol. The largest absolute Gasteiger partial charge is 0.493 e. The minimum absolute atomic E-state index is 0.230. The Morgan fingerprint density at radius 1 is 0.793 bits per heavy atom. The van der Waals surface area contributed by atoms with Crippen LogP contribution in [0.25, 0.3) is 17.2 Å². The number of methoxy groups -OCH3 is 3. The van der Waals surface area contributed by atoms with E-state index in [0.29, 0.717) is 17.2 Å². The van der Waals surface area contributed by atoms with Crippen LogP contribution in [0, 0.1) is 0 Å². The first kappa shape index (κ1) is 20.0. The molecule has 3 aromatic carbocycles. The number of anilines is 1. The quantitative estimate of drug-likeness (QED) is 0.576. The highest BCUT2D eigenvalue weighted by atomic mass is 16.5. The summed E-state index contributed by atoms with van der Waals surface area (Å²) in [6.07, 6.45) is 3.16. The Balaban J connectivity index is 1.70. The molecule has 29 heavy (non-hydrogen) atoms. The summed E-state index contributed by atoms with van der Waals surface area (Å²) in [5.41, 5.74) is 3.71. The molecule has 0 aromatic heterocycles. The normalized spacial score (nSPS) is 10.6. The average molecular weight is 389 g/mol. The molecular formula is C24H23NO4. The molecule has 0 atom stereocenters. The van der Waals surface area contributed by atoms with Crippen LogP contribution in [0.2, 0.25) is 0 Å². The fraction of sp³-hybridized carbons (Fsp3) is 0.125. The summed E-state index contributed by atoms with van der Waals surface area (Å²) in [6.45, 7) is 0. The van der Waals surface area contributed by atoms with Gasteiger partial charge in [-0.05, 0) is 47.0 Å². The lowest BCUT2D eigenvalue weighted by atomic mass is 10.1. The van der Waals surface area contributed by atoms with Gasteiger partial charge < -0.3 is 19.5 Å². The van der Waals surface area contributed by atoms with Gasteiger partial charge in [-0.1, -0.05) is 42.5 Å². The van der Waals surface area contributed by atoms with Crippen molar-refractivity contribution in [2.75, 3.05) is 26.6 Å². The van der Waals surface area contributed by atoms with Crippen molar-refractivity contribution in [3.05, 3.63) is 78.4 Å². The van der Waals surface area contributed by atoms with Crippen LogP contribution in [0.5, 0.6) is 17.2 Å². The zero-order valence-corrected chi connectivity index (χ0v) is 16.6. The Labute approximate surface area is 170 Å². The van der Waals surface area contributed by atoms with Crippen LogP contribution in [-0.2, 0) is 4.79 Å². The fourth-order valence-corrected chi connectivity index (χ4v) is 2.93. The van der Waals surface area contributed by atoms with E-state index in [0.717, 1.165) is 22.4 Å². The number of hydrogen-bond acceptors (Lipinski definition) is 4. The second-order valence-corrected chi connectivity index (χ2v) is 6.22. The predicted molar refractivity (Wildman–Crippen MR) is 116 cm³/mol. The number of rotatable bonds is 7. The van der Waals surface area contributed by atoms with Crippen molar-refractivity contribution in [1.82, 2.24) is 0 Å². The van der Waals surface area contributed by atoms with E-state index < -0.39 is 0 Å². The Morgan fingerprint density at radius 3 is 1.93 bits per heavy atom. The molecule has 0 heterocycles. The molecule has 0 unspecified atom stereocenters. The highest BCUT2D eigenvalue weighted by molar-refractivity contribution is 6.02. The second-order valence-electron chi connectivity index (χ2n) is 6.22. The summed E-state index contributed by atoms with van der Waals surface area (Å²) in [6, 6.07) is 21.4. The predicted octanol–water partition coefficient (Wildman–Crippen LogP) is 5.03. The molecule has 1 amide bonds. The maximum absolute atomic E-state index is 12.3. The molecule has 0 aliphatic carbocycles. The van der Waals surface area contributed by atoms with Crippen molar-refractivity contribution in [3.63, 3.8) is 0 Å². The summed E-state index contributed by atoms with van der Waals surface area (Å²) in [7, 11) is 4.65. The van der Waals surface area contributed by atoms with Crippen molar-refractivity contribution in [1.29, 1.82) is 0 Å². The van der Waals surface area contributed by atoms with E-state index in [-0.39, 0.29) is 5.91 Å². The molecule has 5 nitrogen and oxygen atoms in total. The Kier molecular flexibility index (Phi) is 6.53. The van der Waals surface area contributed by atoms with E-state index in [1.807, 2.05) is 54.6 Å². The van der Waals surface area contributed by atoms with Crippen LogP contribution in [0.4, 0.5) is 5.69 Å². The number of benzene rings is 3. The number of ether oxygens (including phenoxy) is 3. The van der Waals surface area contributed by atoms with Gasteiger partial charge in [-0.25, -0.2) is 0 Å². The zero-order chi connectivity index (χ0) is 20.6. The number of hydrogen-bond donors (Lipinski definition) is 1. The minimum atomic E-state index is -0.230. The first-order valence-corrected chi connectivity index (χ1v) is 9.09. The fourth-order valence-electron chi connectivity index (χ4n) is 2.93. The van der Waals surface area contributed by atoms with Crippen LogP contribution in [0.3, 0.4) is 0 Å². The number of carbonyl (C=O) groups is 1. The highest BCUT2D eigenvalue weighted by Crippen LogP contribution is 2.38. The summed E-state index contributed by atoms with van der Waals surface area (Å²) >= 11 is 0. The van der Waals surface area contributed by atoms with Crippen molar-refractivity contribution in [3.8, 4) is 28.4 Å². The summed E-state index contributed by atoms with van der Waals surface area (Å²) in [4.78, 5) is 12.3.